The third kappa shape index (κ3) is 3.93. The molecule has 9 heteroatoms. The lowest BCUT2D eigenvalue weighted by molar-refractivity contribution is -0.113. The van der Waals surface area contributed by atoms with E-state index in [4.69, 9.17) is 0 Å². The molecule has 5 rings (SSSR count). The maximum absolute atomic E-state index is 12.4. The number of para-hydroxylation sites is 2. The summed E-state index contributed by atoms with van der Waals surface area (Å²) >= 11 is 1.37. The normalized spacial score (nSPS) is 14.4. The van der Waals surface area contributed by atoms with Crippen LogP contribution < -0.4 is 5.32 Å². The standard InChI is InChI=1S/C21H21N7OS/c29-19(13-30-21-25-26-27-28(21)16-5-1-2-6-16)22-15-11-9-14(10-12-15)20-23-17-7-3-4-8-18(17)24-20/h3-4,7-12,16H,1-2,5-6,13H2,(H,22,29)(H,23,24). The van der Waals surface area contributed by atoms with Crippen LogP contribution in [0.4, 0.5) is 5.69 Å². The number of amides is 1. The summed E-state index contributed by atoms with van der Waals surface area (Å²) in [7, 11) is 0. The molecule has 0 aliphatic heterocycles. The zero-order valence-electron chi connectivity index (χ0n) is 16.3. The van der Waals surface area contributed by atoms with Crippen LogP contribution in [0.2, 0.25) is 0 Å². The molecule has 0 spiro atoms. The second-order valence-electron chi connectivity index (χ2n) is 7.36. The Morgan fingerprint density at radius 1 is 1.13 bits per heavy atom. The van der Waals surface area contributed by atoms with Gasteiger partial charge in [-0.1, -0.05) is 36.7 Å². The van der Waals surface area contributed by atoms with Crippen LogP contribution in [0.25, 0.3) is 22.4 Å². The number of benzene rings is 2. The van der Waals surface area contributed by atoms with Gasteiger partial charge in [-0.05, 0) is 59.7 Å². The Balaban J connectivity index is 1.20. The zero-order valence-corrected chi connectivity index (χ0v) is 17.1. The second kappa shape index (κ2) is 8.27. The van der Waals surface area contributed by atoms with E-state index in [2.05, 4.69) is 30.8 Å². The molecule has 2 N–H and O–H groups in total. The summed E-state index contributed by atoms with van der Waals surface area (Å²) in [4.78, 5) is 20.3. The highest BCUT2D eigenvalue weighted by atomic mass is 32.2. The highest BCUT2D eigenvalue weighted by Gasteiger charge is 2.22. The van der Waals surface area contributed by atoms with Crippen molar-refractivity contribution >= 4 is 34.4 Å². The quantitative estimate of drug-likeness (QED) is 0.457. The van der Waals surface area contributed by atoms with Gasteiger partial charge in [0, 0.05) is 11.3 Å². The SMILES string of the molecule is O=C(CSc1nnnn1C1CCCC1)Nc1ccc(-c2nc3ccccc3[nH]2)cc1. The predicted molar refractivity (Wildman–Crippen MR) is 116 cm³/mol. The number of carbonyl (C=O) groups excluding carboxylic acids is 1. The van der Waals surface area contributed by atoms with Crippen LogP contribution in [-0.4, -0.2) is 41.8 Å². The van der Waals surface area contributed by atoms with E-state index in [1.165, 1.54) is 24.6 Å². The van der Waals surface area contributed by atoms with E-state index in [0.717, 1.165) is 41.0 Å². The largest absolute Gasteiger partial charge is 0.338 e. The molecule has 0 radical (unpaired) electrons. The van der Waals surface area contributed by atoms with Gasteiger partial charge in [0.05, 0.1) is 22.8 Å². The van der Waals surface area contributed by atoms with Crippen molar-refractivity contribution in [2.45, 2.75) is 36.9 Å². The van der Waals surface area contributed by atoms with Crippen LogP contribution in [0, 0.1) is 0 Å². The lowest BCUT2D eigenvalue weighted by atomic mass is 10.2. The van der Waals surface area contributed by atoms with Crippen molar-refractivity contribution < 1.29 is 4.79 Å². The summed E-state index contributed by atoms with van der Waals surface area (Å²) in [6.07, 6.45) is 4.61. The van der Waals surface area contributed by atoms with Gasteiger partial charge in [0.1, 0.15) is 5.82 Å². The van der Waals surface area contributed by atoms with Gasteiger partial charge in [0.15, 0.2) is 0 Å². The van der Waals surface area contributed by atoms with Gasteiger partial charge in [0.25, 0.3) is 0 Å². The first kappa shape index (κ1) is 18.8. The summed E-state index contributed by atoms with van der Waals surface area (Å²) in [6, 6.07) is 15.9. The molecule has 0 atom stereocenters. The number of thioether (sulfide) groups is 1. The molecule has 4 aromatic rings. The van der Waals surface area contributed by atoms with Crippen molar-refractivity contribution in [2.24, 2.45) is 0 Å². The molecule has 8 nitrogen and oxygen atoms in total. The van der Waals surface area contributed by atoms with Gasteiger partial charge in [-0.25, -0.2) is 9.67 Å². The van der Waals surface area contributed by atoms with Crippen molar-refractivity contribution in [3.05, 3.63) is 48.5 Å². The lowest BCUT2D eigenvalue weighted by Crippen LogP contribution is -2.15. The number of nitrogens with zero attached hydrogens (tertiary/aromatic N) is 5. The molecule has 1 aliphatic rings. The van der Waals surface area contributed by atoms with Crippen LogP contribution in [0.5, 0.6) is 0 Å². The van der Waals surface area contributed by atoms with Crippen molar-refractivity contribution in [1.29, 1.82) is 0 Å². The number of H-pyrrole nitrogens is 1. The Bertz CT molecular complexity index is 1130. The second-order valence-corrected chi connectivity index (χ2v) is 8.30. The summed E-state index contributed by atoms with van der Waals surface area (Å²) in [5.41, 5.74) is 3.65. The molecule has 1 fully saturated rings. The summed E-state index contributed by atoms with van der Waals surface area (Å²) in [5.74, 6) is 0.985. The van der Waals surface area contributed by atoms with Gasteiger partial charge in [-0.3, -0.25) is 4.79 Å². The number of anilines is 1. The van der Waals surface area contributed by atoms with Crippen molar-refractivity contribution in [3.63, 3.8) is 0 Å². The zero-order chi connectivity index (χ0) is 20.3. The third-order valence-corrected chi connectivity index (χ3v) is 6.23. The van der Waals surface area contributed by atoms with Gasteiger partial charge in [-0.2, -0.15) is 0 Å². The molecule has 0 unspecified atom stereocenters. The molecule has 0 saturated heterocycles. The number of carbonyl (C=O) groups is 1. The van der Waals surface area contributed by atoms with Gasteiger partial charge in [0.2, 0.25) is 11.1 Å². The number of tetrazole rings is 1. The van der Waals surface area contributed by atoms with Crippen LogP contribution >= 0.6 is 11.8 Å². The van der Waals surface area contributed by atoms with Crippen LogP contribution in [0.3, 0.4) is 0 Å². The monoisotopic (exact) mass is 419 g/mol. The maximum atomic E-state index is 12.4. The van der Waals surface area contributed by atoms with E-state index in [0.29, 0.717) is 11.2 Å². The molecular weight excluding hydrogens is 398 g/mol. The third-order valence-electron chi connectivity index (χ3n) is 5.30. The topological polar surface area (TPSA) is 101 Å². The molecule has 1 aliphatic carbocycles. The molecule has 30 heavy (non-hydrogen) atoms. The molecule has 2 aromatic heterocycles. The lowest BCUT2D eigenvalue weighted by Gasteiger charge is -2.10. The smallest absolute Gasteiger partial charge is 0.234 e. The van der Waals surface area contributed by atoms with E-state index >= 15 is 0 Å². The van der Waals surface area contributed by atoms with Crippen LogP contribution in [0.15, 0.2) is 53.7 Å². The van der Waals surface area contributed by atoms with Crippen molar-refractivity contribution in [3.8, 4) is 11.4 Å². The average molecular weight is 420 g/mol. The highest BCUT2D eigenvalue weighted by molar-refractivity contribution is 7.99. The molecular formula is C21H21N7OS. The number of rotatable bonds is 6. The minimum Gasteiger partial charge on any atom is -0.338 e. The van der Waals surface area contributed by atoms with Gasteiger partial charge in [-0.15, -0.1) is 5.10 Å². The first-order chi connectivity index (χ1) is 14.8. The fourth-order valence-electron chi connectivity index (χ4n) is 3.79. The maximum Gasteiger partial charge on any atom is 0.234 e. The number of nitrogens with one attached hydrogen (secondary N) is 2. The summed E-state index contributed by atoms with van der Waals surface area (Å²) in [5, 5.41) is 15.6. The Kier molecular flexibility index (Phi) is 5.18. The molecule has 2 aromatic carbocycles. The number of hydrogen-bond acceptors (Lipinski definition) is 6. The van der Waals surface area contributed by atoms with Crippen LogP contribution in [-0.2, 0) is 4.79 Å². The number of imidazole rings is 1. The van der Waals surface area contributed by atoms with E-state index in [-0.39, 0.29) is 11.7 Å². The predicted octanol–water partition coefficient (Wildman–Crippen LogP) is 4.06. The van der Waals surface area contributed by atoms with Gasteiger partial charge < -0.3 is 10.3 Å². The minimum atomic E-state index is -0.0857. The Hall–Kier alpha value is -3.20. The number of aromatic nitrogens is 6. The van der Waals surface area contributed by atoms with Crippen LogP contribution in [0.1, 0.15) is 31.7 Å². The molecule has 1 saturated carbocycles. The molecule has 1 amide bonds. The summed E-state index contributed by atoms with van der Waals surface area (Å²) < 4.78 is 1.87. The van der Waals surface area contributed by atoms with Crippen molar-refractivity contribution in [1.82, 2.24) is 30.2 Å². The minimum absolute atomic E-state index is 0.0857. The number of fused-ring (bicyclic) bond motifs is 1. The van der Waals surface area contributed by atoms with E-state index < -0.39 is 0 Å². The first-order valence-corrected chi connectivity index (χ1v) is 11.0. The molecule has 0 bridgehead atoms. The number of aromatic amines is 1. The fourth-order valence-corrected chi connectivity index (χ4v) is 4.53. The Morgan fingerprint density at radius 2 is 1.93 bits per heavy atom. The van der Waals surface area contributed by atoms with Gasteiger partial charge >= 0.3 is 0 Å². The molecule has 2 heterocycles. The summed E-state index contributed by atoms with van der Waals surface area (Å²) in [6.45, 7) is 0. The first-order valence-electron chi connectivity index (χ1n) is 10.0. The average Bonchev–Trinajstić information content (AvgIpc) is 3.52. The van der Waals surface area contributed by atoms with Crippen molar-refractivity contribution in [2.75, 3.05) is 11.1 Å². The van der Waals surface area contributed by atoms with E-state index in [1.54, 1.807) is 0 Å². The van der Waals surface area contributed by atoms with E-state index in [1.807, 2.05) is 53.2 Å². The molecule has 152 valence electrons. The fraction of sp³-hybridized carbons (Fsp3) is 0.286. The Labute approximate surface area is 177 Å². The number of hydrogen-bond donors (Lipinski definition) is 2. The van der Waals surface area contributed by atoms with E-state index in [9.17, 15) is 4.79 Å². The Morgan fingerprint density at radius 3 is 2.73 bits per heavy atom. The highest BCUT2D eigenvalue weighted by Crippen LogP contribution is 2.31.